The van der Waals surface area contributed by atoms with E-state index < -0.39 is 0 Å². The van der Waals surface area contributed by atoms with Crippen molar-refractivity contribution in [1.29, 1.82) is 0 Å². The van der Waals surface area contributed by atoms with Crippen LogP contribution in [0.4, 0.5) is 4.39 Å². The van der Waals surface area contributed by atoms with E-state index in [2.05, 4.69) is 15.9 Å². The van der Waals surface area contributed by atoms with E-state index >= 15 is 0 Å². The molecule has 1 aromatic carbocycles. The van der Waals surface area contributed by atoms with Crippen LogP contribution in [0.25, 0.3) is 0 Å². The number of rotatable bonds is 3. The summed E-state index contributed by atoms with van der Waals surface area (Å²) < 4.78 is 18.7. The maximum absolute atomic E-state index is 13.0. The second-order valence-corrected chi connectivity index (χ2v) is 3.59. The van der Waals surface area contributed by atoms with Crippen LogP contribution in [0.15, 0.2) is 22.7 Å². The summed E-state index contributed by atoms with van der Waals surface area (Å²) in [5, 5.41) is 0. The zero-order valence-electron chi connectivity index (χ0n) is 7.26. The van der Waals surface area contributed by atoms with Gasteiger partial charge >= 0.3 is 0 Å². The van der Waals surface area contributed by atoms with E-state index in [1.54, 1.807) is 12.1 Å². The van der Waals surface area contributed by atoms with Gasteiger partial charge in [0.15, 0.2) is 0 Å². The number of nitrogens with two attached hydrogens (primary N) is 1. The van der Waals surface area contributed by atoms with Crippen LogP contribution in [0.1, 0.15) is 6.92 Å². The Morgan fingerprint density at radius 2 is 2.31 bits per heavy atom. The fourth-order valence-electron chi connectivity index (χ4n) is 0.831. The number of benzene rings is 1. The van der Waals surface area contributed by atoms with Crippen LogP contribution in [0, 0.1) is 5.82 Å². The molecule has 0 aliphatic carbocycles. The smallest absolute Gasteiger partial charge is 0.141 e. The normalized spacial score (nSPS) is 12.6. The van der Waals surface area contributed by atoms with E-state index in [0.29, 0.717) is 16.8 Å². The van der Waals surface area contributed by atoms with Crippen molar-refractivity contribution in [3.63, 3.8) is 0 Å². The summed E-state index contributed by atoms with van der Waals surface area (Å²) in [6.45, 7) is 2.25. The van der Waals surface area contributed by atoms with Gasteiger partial charge in [0.2, 0.25) is 0 Å². The minimum Gasteiger partial charge on any atom is -0.489 e. The fraction of sp³-hybridized carbons (Fsp3) is 0.333. The van der Waals surface area contributed by atoms with Crippen molar-refractivity contribution in [1.82, 2.24) is 0 Å². The highest BCUT2D eigenvalue weighted by Crippen LogP contribution is 2.21. The Labute approximate surface area is 85.0 Å². The van der Waals surface area contributed by atoms with Gasteiger partial charge in [0.1, 0.15) is 17.7 Å². The number of ether oxygens (including phenoxy) is 1. The SMILES string of the molecule is CC(CN)Oc1ccc(Br)c(F)c1. The van der Waals surface area contributed by atoms with Gasteiger partial charge in [0, 0.05) is 12.6 Å². The molecule has 0 aromatic heterocycles. The molecule has 2 N–H and O–H groups in total. The first-order valence-electron chi connectivity index (χ1n) is 3.95. The van der Waals surface area contributed by atoms with Gasteiger partial charge in [-0.05, 0) is 35.0 Å². The van der Waals surface area contributed by atoms with Crippen molar-refractivity contribution < 1.29 is 9.13 Å². The second-order valence-electron chi connectivity index (χ2n) is 2.74. The van der Waals surface area contributed by atoms with Crippen molar-refractivity contribution in [3.05, 3.63) is 28.5 Å². The lowest BCUT2D eigenvalue weighted by Gasteiger charge is -2.12. The van der Waals surface area contributed by atoms with E-state index in [-0.39, 0.29) is 11.9 Å². The van der Waals surface area contributed by atoms with Gasteiger partial charge in [-0.3, -0.25) is 0 Å². The number of hydrogen-bond donors (Lipinski definition) is 1. The molecule has 13 heavy (non-hydrogen) atoms. The van der Waals surface area contributed by atoms with Crippen LogP contribution in [-0.4, -0.2) is 12.6 Å². The molecule has 72 valence electrons. The van der Waals surface area contributed by atoms with Crippen molar-refractivity contribution in [2.75, 3.05) is 6.54 Å². The molecule has 1 unspecified atom stereocenters. The first-order valence-corrected chi connectivity index (χ1v) is 4.74. The van der Waals surface area contributed by atoms with Crippen LogP contribution in [0.3, 0.4) is 0 Å². The van der Waals surface area contributed by atoms with Crippen molar-refractivity contribution in [2.45, 2.75) is 13.0 Å². The van der Waals surface area contributed by atoms with Gasteiger partial charge in [-0.1, -0.05) is 0 Å². The quantitative estimate of drug-likeness (QED) is 0.890. The third kappa shape index (κ3) is 2.97. The summed E-state index contributed by atoms with van der Waals surface area (Å²) in [4.78, 5) is 0. The van der Waals surface area contributed by atoms with Crippen molar-refractivity contribution >= 4 is 15.9 Å². The summed E-state index contributed by atoms with van der Waals surface area (Å²) in [5.74, 6) is 0.167. The van der Waals surface area contributed by atoms with Gasteiger partial charge < -0.3 is 10.5 Å². The molecule has 0 aliphatic rings. The average Bonchev–Trinajstić information content (AvgIpc) is 2.11. The van der Waals surface area contributed by atoms with E-state index in [1.807, 2.05) is 6.92 Å². The average molecular weight is 248 g/mol. The molecule has 0 amide bonds. The summed E-state index contributed by atoms with van der Waals surface area (Å²) in [6.07, 6.45) is -0.0967. The Morgan fingerprint density at radius 3 is 2.85 bits per heavy atom. The molecule has 0 saturated heterocycles. The molecule has 0 fully saturated rings. The van der Waals surface area contributed by atoms with Crippen molar-refractivity contribution in [2.24, 2.45) is 5.73 Å². The highest BCUT2D eigenvalue weighted by atomic mass is 79.9. The highest BCUT2D eigenvalue weighted by Gasteiger charge is 2.04. The Morgan fingerprint density at radius 1 is 1.62 bits per heavy atom. The summed E-state index contributed by atoms with van der Waals surface area (Å²) in [7, 11) is 0. The highest BCUT2D eigenvalue weighted by molar-refractivity contribution is 9.10. The Hall–Kier alpha value is -0.610. The number of hydrogen-bond acceptors (Lipinski definition) is 2. The minimum absolute atomic E-state index is 0.0967. The third-order valence-corrected chi connectivity index (χ3v) is 2.20. The van der Waals surface area contributed by atoms with Crippen LogP contribution in [0.5, 0.6) is 5.75 Å². The van der Waals surface area contributed by atoms with Gasteiger partial charge in [-0.15, -0.1) is 0 Å². The largest absolute Gasteiger partial charge is 0.489 e. The Balaban J connectivity index is 2.73. The molecule has 0 radical (unpaired) electrons. The lowest BCUT2D eigenvalue weighted by molar-refractivity contribution is 0.229. The fourth-order valence-corrected chi connectivity index (χ4v) is 1.08. The van der Waals surface area contributed by atoms with Gasteiger partial charge in [-0.2, -0.15) is 0 Å². The summed E-state index contributed by atoms with van der Waals surface area (Å²) in [6, 6.07) is 4.63. The maximum atomic E-state index is 13.0. The molecule has 4 heteroatoms. The maximum Gasteiger partial charge on any atom is 0.141 e. The summed E-state index contributed by atoms with van der Waals surface area (Å²) in [5.41, 5.74) is 5.36. The summed E-state index contributed by atoms with van der Waals surface area (Å²) >= 11 is 3.06. The molecular weight excluding hydrogens is 237 g/mol. The lowest BCUT2D eigenvalue weighted by Crippen LogP contribution is -2.22. The van der Waals surface area contributed by atoms with Crippen LogP contribution < -0.4 is 10.5 Å². The third-order valence-electron chi connectivity index (χ3n) is 1.56. The molecule has 2 nitrogen and oxygen atoms in total. The van der Waals surface area contributed by atoms with Crippen molar-refractivity contribution in [3.8, 4) is 5.75 Å². The molecule has 0 bridgehead atoms. The predicted octanol–water partition coefficient (Wildman–Crippen LogP) is 2.31. The zero-order chi connectivity index (χ0) is 9.84. The van der Waals surface area contributed by atoms with Gasteiger partial charge in [0.25, 0.3) is 0 Å². The Kier molecular flexibility index (Phi) is 3.69. The Bertz CT molecular complexity index is 293. The van der Waals surface area contributed by atoms with Crippen LogP contribution >= 0.6 is 15.9 Å². The molecule has 0 heterocycles. The first-order chi connectivity index (χ1) is 6.13. The topological polar surface area (TPSA) is 35.2 Å². The molecule has 0 saturated carbocycles. The zero-order valence-corrected chi connectivity index (χ0v) is 8.84. The van der Waals surface area contributed by atoms with Crippen LogP contribution in [-0.2, 0) is 0 Å². The van der Waals surface area contributed by atoms with E-state index in [1.165, 1.54) is 6.07 Å². The molecule has 1 atom stereocenters. The van der Waals surface area contributed by atoms with E-state index in [0.717, 1.165) is 0 Å². The van der Waals surface area contributed by atoms with Crippen LogP contribution in [0.2, 0.25) is 0 Å². The van der Waals surface area contributed by atoms with Gasteiger partial charge in [-0.25, -0.2) is 4.39 Å². The monoisotopic (exact) mass is 247 g/mol. The molecule has 0 aliphatic heterocycles. The molecule has 1 aromatic rings. The standard InChI is InChI=1S/C9H11BrFNO/c1-6(5-12)13-7-2-3-8(10)9(11)4-7/h2-4,6H,5,12H2,1H3. The minimum atomic E-state index is -0.332. The molecular formula is C9H11BrFNO. The van der Waals surface area contributed by atoms with E-state index in [9.17, 15) is 4.39 Å². The number of halogens is 2. The second kappa shape index (κ2) is 4.58. The first kappa shape index (κ1) is 10.5. The van der Waals surface area contributed by atoms with E-state index in [4.69, 9.17) is 10.5 Å². The lowest BCUT2D eigenvalue weighted by atomic mass is 10.3. The van der Waals surface area contributed by atoms with Gasteiger partial charge in [0.05, 0.1) is 4.47 Å². The molecule has 0 spiro atoms. The molecule has 1 rings (SSSR count). The predicted molar refractivity (Wildman–Crippen MR) is 53.2 cm³/mol.